The summed E-state index contributed by atoms with van der Waals surface area (Å²) in [6, 6.07) is 22.7. The van der Waals surface area contributed by atoms with Crippen LogP contribution in [-0.2, 0) is 0 Å². The van der Waals surface area contributed by atoms with E-state index in [1.54, 1.807) is 0 Å². The molecule has 2 aromatic rings. The summed E-state index contributed by atoms with van der Waals surface area (Å²) in [5.41, 5.74) is 3.29. The average Bonchev–Trinajstić information content (AvgIpc) is 3.16. The molecule has 3 heteroatoms. The van der Waals surface area contributed by atoms with Crippen molar-refractivity contribution < 1.29 is 0 Å². The predicted octanol–water partition coefficient (Wildman–Crippen LogP) is 4.72. The third kappa shape index (κ3) is 4.46. The number of nitrogens with one attached hydrogen (secondary N) is 1. The summed E-state index contributed by atoms with van der Waals surface area (Å²) in [5, 5.41) is 3.91. The molecule has 1 aliphatic carbocycles. The molecule has 166 valence electrons. The quantitative estimate of drug-likeness (QED) is 0.733. The van der Waals surface area contributed by atoms with Crippen LogP contribution in [0.3, 0.4) is 0 Å². The fraction of sp³-hybridized carbons (Fsp3) is 0.571. The van der Waals surface area contributed by atoms with Gasteiger partial charge in [0.15, 0.2) is 0 Å². The molecular weight excluding hydrogens is 378 g/mol. The first-order chi connectivity index (χ1) is 15.3. The number of nitrogens with zero attached hydrogens (tertiary/aromatic N) is 2. The van der Waals surface area contributed by atoms with Gasteiger partial charge in [-0.3, -0.25) is 4.90 Å². The summed E-state index contributed by atoms with van der Waals surface area (Å²) in [5.74, 6) is 1.90. The van der Waals surface area contributed by atoms with E-state index < -0.39 is 0 Å². The number of hydrogen-bond donors (Lipinski definition) is 1. The smallest absolute Gasteiger partial charge is 0.0343 e. The molecule has 2 bridgehead atoms. The van der Waals surface area contributed by atoms with Crippen molar-refractivity contribution in [3.05, 3.63) is 71.8 Å². The number of rotatable bonds is 6. The van der Waals surface area contributed by atoms with Crippen molar-refractivity contribution in [3.8, 4) is 0 Å². The molecule has 0 aromatic heterocycles. The van der Waals surface area contributed by atoms with Crippen LogP contribution >= 0.6 is 0 Å². The topological polar surface area (TPSA) is 18.5 Å². The van der Waals surface area contributed by atoms with Crippen molar-refractivity contribution in [1.29, 1.82) is 0 Å². The third-order valence-corrected chi connectivity index (χ3v) is 8.53. The van der Waals surface area contributed by atoms with Gasteiger partial charge in [0.1, 0.15) is 0 Å². The van der Waals surface area contributed by atoms with Crippen LogP contribution in [0.4, 0.5) is 0 Å². The van der Waals surface area contributed by atoms with Crippen LogP contribution in [0.25, 0.3) is 0 Å². The number of piperidine rings is 1. The molecule has 3 nitrogen and oxygen atoms in total. The Kier molecular flexibility index (Phi) is 6.45. The molecule has 31 heavy (non-hydrogen) atoms. The van der Waals surface area contributed by atoms with Gasteiger partial charge in [-0.15, -0.1) is 0 Å². The number of hydrogen-bond acceptors (Lipinski definition) is 3. The van der Waals surface area contributed by atoms with Crippen molar-refractivity contribution in [2.24, 2.45) is 5.92 Å². The summed E-state index contributed by atoms with van der Waals surface area (Å²) in [7, 11) is 2.40. The molecule has 6 rings (SSSR count). The Balaban J connectivity index is 1.43. The van der Waals surface area contributed by atoms with Gasteiger partial charge >= 0.3 is 0 Å². The zero-order valence-electron chi connectivity index (χ0n) is 19.2. The first-order valence-corrected chi connectivity index (χ1v) is 12.5. The minimum absolute atomic E-state index is 0.226. The van der Waals surface area contributed by atoms with Gasteiger partial charge in [-0.2, -0.15) is 0 Å². The van der Waals surface area contributed by atoms with E-state index in [4.69, 9.17) is 0 Å². The lowest BCUT2D eigenvalue weighted by molar-refractivity contribution is 0.0462. The molecule has 3 heterocycles. The summed E-state index contributed by atoms with van der Waals surface area (Å²) < 4.78 is 0. The number of likely N-dealkylation sites (N-methyl/N-ethyl adjacent to an activating group) is 1. The highest BCUT2D eigenvalue weighted by molar-refractivity contribution is 5.30. The monoisotopic (exact) mass is 417 g/mol. The van der Waals surface area contributed by atoms with Crippen LogP contribution in [-0.4, -0.2) is 61.7 Å². The molecule has 3 aliphatic heterocycles. The Labute approximate surface area is 188 Å². The molecule has 2 aromatic carbocycles. The fourth-order valence-electron chi connectivity index (χ4n) is 6.67. The molecule has 4 aliphatic rings. The van der Waals surface area contributed by atoms with Crippen molar-refractivity contribution in [2.45, 2.75) is 49.5 Å². The molecule has 3 saturated heterocycles. The van der Waals surface area contributed by atoms with Crippen LogP contribution in [0, 0.1) is 5.92 Å². The lowest BCUT2D eigenvalue weighted by Crippen LogP contribution is -2.56. The highest BCUT2D eigenvalue weighted by Crippen LogP contribution is 2.52. The summed E-state index contributed by atoms with van der Waals surface area (Å²) >= 11 is 0. The van der Waals surface area contributed by atoms with E-state index >= 15 is 0 Å². The molecular formula is C28H39N3. The van der Waals surface area contributed by atoms with Crippen LogP contribution in [0.1, 0.15) is 55.1 Å². The molecule has 4 fully saturated rings. The van der Waals surface area contributed by atoms with Crippen LogP contribution < -0.4 is 5.32 Å². The van der Waals surface area contributed by atoms with E-state index in [0.29, 0.717) is 17.8 Å². The zero-order chi connectivity index (χ0) is 21.1. The van der Waals surface area contributed by atoms with Crippen LogP contribution in [0.15, 0.2) is 60.7 Å². The Morgan fingerprint density at radius 1 is 0.871 bits per heavy atom. The van der Waals surface area contributed by atoms with Gasteiger partial charge in [-0.05, 0) is 81.2 Å². The van der Waals surface area contributed by atoms with Gasteiger partial charge < -0.3 is 10.2 Å². The first kappa shape index (κ1) is 21.2. The van der Waals surface area contributed by atoms with E-state index in [-0.39, 0.29) is 5.54 Å². The molecule has 0 radical (unpaired) electrons. The highest BCUT2D eigenvalue weighted by atomic mass is 15.2. The highest BCUT2D eigenvalue weighted by Gasteiger charge is 2.50. The largest absolute Gasteiger partial charge is 0.315 e. The van der Waals surface area contributed by atoms with Crippen molar-refractivity contribution in [1.82, 2.24) is 15.1 Å². The van der Waals surface area contributed by atoms with Gasteiger partial charge in [0.2, 0.25) is 0 Å². The maximum atomic E-state index is 3.91. The van der Waals surface area contributed by atoms with Gasteiger partial charge in [-0.25, -0.2) is 0 Å². The van der Waals surface area contributed by atoms with Crippen molar-refractivity contribution in [3.63, 3.8) is 0 Å². The predicted molar refractivity (Wildman–Crippen MR) is 130 cm³/mol. The van der Waals surface area contributed by atoms with Gasteiger partial charge in [0.25, 0.3) is 0 Å². The first-order valence-electron chi connectivity index (χ1n) is 12.5. The van der Waals surface area contributed by atoms with Crippen molar-refractivity contribution in [2.75, 3.05) is 46.3 Å². The average molecular weight is 418 g/mol. The second-order valence-electron chi connectivity index (χ2n) is 10.3. The maximum absolute atomic E-state index is 3.91. The summed E-state index contributed by atoms with van der Waals surface area (Å²) in [6.45, 7) is 7.22. The molecule has 1 N–H and O–H groups in total. The van der Waals surface area contributed by atoms with E-state index in [9.17, 15) is 0 Å². The van der Waals surface area contributed by atoms with Gasteiger partial charge in [-0.1, -0.05) is 67.1 Å². The zero-order valence-corrected chi connectivity index (χ0v) is 19.2. The molecule has 2 unspecified atom stereocenters. The van der Waals surface area contributed by atoms with Gasteiger partial charge in [0, 0.05) is 25.2 Å². The molecule has 0 spiro atoms. The van der Waals surface area contributed by atoms with E-state index in [1.165, 1.54) is 69.4 Å². The van der Waals surface area contributed by atoms with Gasteiger partial charge in [0.05, 0.1) is 0 Å². The number of likely N-dealkylation sites (tertiary alicyclic amines) is 1. The van der Waals surface area contributed by atoms with Crippen LogP contribution in [0.5, 0.6) is 0 Å². The lowest BCUT2D eigenvalue weighted by Gasteiger charge is -2.51. The third-order valence-electron chi connectivity index (χ3n) is 8.53. The van der Waals surface area contributed by atoms with Crippen LogP contribution in [0.2, 0.25) is 0 Å². The minimum atomic E-state index is 0.226. The van der Waals surface area contributed by atoms with Crippen molar-refractivity contribution >= 4 is 0 Å². The molecule has 1 saturated carbocycles. The number of fused-ring (bicyclic) bond motifs is 4. The van der Waals surface area contributed by atoms with E-state index in [2.05, 4.69) is 82.8 Å². The minimum Gasteiger partial charge on any atom is -0.315 e. The molecule has 0 amide bonds. The van der Waals surface area contributed by atoms with E-state index in [1.807, 2.05) is 0 Å². The normalized spacial score (nSPS) is 31.6. The Hall–Kier alpha value is -1.68. The Bertz CT molecular complexity index is 765. The Morgan fingerprint density at radius 3 is 2.03 bits per heavy atom. The lowest BCUT2D eigenvalue weighted by atomic mass is 9.61. The fourth-order valence-corrected chi connectivity index (χ4v) is 6.67. The molecule has 2 atom stereocenters. The Morgan fingerprint density at radius 2 is 1.45 bits per heavy atom. The second-order valence-corrected chi connectivity index (χ2v) is 10.3. The number of benzene rings is 2. The summed E-state index contributed by atoms with van der Waals surface area (Å²) in [4.78, 5) is 5.43. The maximum Gasteiger partial charge on any atom is 0.0343 e. The standard InChI is InChI=1S/C28H39N3/c1-30(17-18-31-15-9-4-10-16-31)28-19-25(23-11-5-2-6-12-23)27(21-29-22-28)26(20-28)24-13-7-3-8-14-24/h2-3,5-8,11-14,25-27,29H,4,9-10,15-22H2,1H3. The van der Waals surface area contributed by atoms with E-state index in [0.717, 1.165) is 13.1 Å². The SMILES string of the molecule is CN(CCN1CCCCC1)C12CNCC(C(c3ccccc3)C1)C(c1ccccc1)C2. The summed E-state index contributed by atoms with van der Waals surface area (Å²) in [6.07, 6.45) is 6.72. The second kappa shape index (κ2) is 9.44.